The monoisotopic (exact) mass is 292 g/mol. The van der Waals surface area contributed by atoms with Gasteiger partial charge in [0.15, 0.2) is 17.6 Å². The molecule has 4 heteroatoms. The Hall–Kier alpha value is -1.26. The van der Waals surface area contributed by atoms with Crippen molar-refractivity contribution in [2.24, 2.45) is 5.92 Å². The van der Waals surface area contributed by atoms with E-state index in [-0.39, 0.29) is 23.2 Å². The molecule has 0 radical (unpaired) electrons. The molecule has 0 bridgehead atoms. The van der Waals surface area contributed by atoms with Crippen LogP contribution in [0.25, 0.3) is 0 Å². The van der Waals surface area contributed by atoms with Crippen molar-refractivity contribution < 1.29 is 19.3 Å². The summed E-state index contributed by atoms with van der Waals surface area (Å²) in [6.45, 7) is 8.57. The van der Waals surface area contributed by atoms with Crippen molar-refractivity contribution in [3.8, 4) is 11.5 Å². The van der Waals surface area contributed by atoms with E-state index < -0.39 is 6.10 Å². The molecular formula is C17H24O4. The lowest BCUT2D eigenvalue weighted by Crippen LogP contribution is -2.48. The molecule has 1 aromatic carbocycles. The fourth-order valence-electron chi connectivity index (χ4n) is 3.60. The lowest BCUT2D eigenvalue weighted by atomic mass is 9.81. The fourth-order valence-corrected chi connectivity index (χ4v) is 3.60. The Morgan fingerprint density at radius 1 is 1.14 bits per heavy atom. The second kappa shape index (κ2) is 4.89. The van der Waals surface area contributed by atoms with E-state index in [1.807, 2.05) is 38.1 Å². The minimum atomic E-state index is -0.616. The first-order valence-electron chi connectivity index (χ1n) is 7.55. The standard InChI is InChI=1S/C17H24O4/c1-16(2)9-11(17(3,4)21-16)15(18)14-10-19-12-7-5-6-8-13(12)20-14/h5-8,11,14-15,18H,9-10H2,1-4H3. The number of hydrogen-bond acceptors (Lipinski definition) is 4. The predicted octanol–water partition coefficient (Wildman–Crippen LogP) is 2.78. The van der Waals surface area contributed by atoms with Crippen molar-refractivity contribution in [1.29, 1.82) is 0 Å². The maximum absolute atomic E-state index is 10.8. The summed E-state index contributed by atoms with van der Waals surface area (Å²) in [5, 5.41) is 10.8. The van der Waals surface area contributed by atoms with Crippen molar-refractivity contribution in [3.05, 3.63) is 24.3 Å². The zero-order chi connectivity index (χ0) is 15.3. The van der Waals surface area contributed by atoms with E-state index in [0.717, 1.165) is 12.2 Å². The van der Waals surface area contributed by atoms with Crippen LogP contribution in [0.5, 0.6) is 11.5 Å². The van der Waals surface area contributed by atoms with Gasteiger partial charge in [-0.25, -0.2) is 0 Å². The first kappa shape index (κ1) is 14.7. The molecule has 0 amide bonds. The van der Waals surface area contributed by atoms with Gasteiger partial charge < -0.3 is 19.3 Å². The molecule has 0 spiro atoms. The van der Waals surface area contributed by atoms with Gasteiger partial charge in [0.2, 0.25) is 0 Å². The lowest BCUT2D eigenvalue weighted by molar-refractivity contribution is -0.107. The molecule has 0 saturated carbocycles. The van der Waals surface area contributed by atoms with Gasteiger partial charge in [-0.05, 0) is 46.2 Å². The van der Waals surface area contributed by atoms with Gasteiger partial charge in [-0.1, -0.05) is 12.1 Å². The highest BCUT2D eigenvalue weighted by Gasteiger charge is 2.51. The Kier molecular flexibility index (Phi) is 3.41. The van der Waals surface area contributed by atoms with Crippen LogP contribution in [0.15, 0.2) is 24.3 Å². The Bertz CT molecular complexity index is 523. The van der Waals surface area contributed by atoms with Crippen molar-refractivity contribution in [2.75, 3.05) is 6.61 Å². The normalized spacial score (nSPS) is 30.9. The molecule has 3 unspecified atom stereocenters. The number of ether oxygens (including phenoxy) is 3. The largest absolute Gasteiger partial charge is 0.486 e. The summed E-state index contributed by atoms with van der Waals surface area (Å²) in [7, 11) is 0. The van der Waals surface area contributed by atoms with E-state index in [0.29, 0.717) is 12.4 Å². The molecule has 1 fully saturated rings. The molecule has 3 rings (SSSR count). The molecule has 21 heavy (non-hydrogen) atoms. The molecule has 1 aromatic rings. The zero-order valence-corrected chi connectivity index (χ0v) is 13.1. The maximum atomic E-state index is 10.8. The Morgan fingerprint density at radius 2 is 1.81 bits per heavy atom. The molecule has 2 heterocycles. The van der Waals surface area contributed by atoms with Crippen LogP contribution in [0, 0.1) is 5.92 Å². The molecule has 1 N–H and O–H groups in total. The number of fused-ring (bicyclic) bond motifs is 1. The highest BCUT2D eigenvalue weighted by Crippen LogP contribution is 2.45. The van der Waals surface area contributed by atoms with Gasteiger partial charge in [0.25, 0.3) is 0 Å². The summed E-state index contributed by atoms with van der Waals surface area (Å²) >= 11 is 0. The number of aliphatic hydroxyl groups is 1. The molecule has 0 aromatic heterocycles. The summed E-state index contributed by atoms with van der Waals surface area (Å²) in [4.78, 5) is 0. The smallest absolute Gasteiger partial charge is 0.161 e. The topological polar surface area (TPSA) is 47.9 Å². The third-order valence-corrected chi connectivity index (χ3v) is 4.47. The molecule has 3 atom stereocenters. The number of para-hydroxylation sites is 2. The fraction of sp³-hybridized carbons (Fsp3) is 0.647. The molecule has 0 aliphatic carbocycles. The van der Waals surface area contributed by atoms with Gasteiger partial charge in [0.05, 0.1) is 17.3 Å². The van der Waals surface area contributed by atoms with Crippen LogP contribution in [-0.4, -0.2) is 35.1 Å². The first-order chi connectivity index (χ1) is 9.78. The average molecular weight is 292 g/mol. The highest BCUT2D eigenvalue weighted by molar-refractivity contribution is 5.40. The molecule has 4 nitrogen and oxygen atoms in total. The van der Waals surface area contributed by atoms with Crippen LogP contribution in [0.2, 0.25) is 0 Å². The van der Waals surface area contributed by atoms with E-state index in [2.05, 4.69) is 13.8 Å². The van der Waals surface area contributed by atoms with Gasteiger partial charge in [-0.2, -0.15) is 0 Å². The third-order valence-electron chi connectivity index (χ3n) is 4.47. The van der Waals surface area contributed by atoms with Gasteiger partial charge >= 0.3 is 0 Å². The van der Waals surface area contributed by atoms with Crippen LogP contribution in [0.3, 0.4) is 0 Å². The van der Waals surface area contributed by atoms with E-state index in [4.69, 9.17) is 14.2 Å². The second-order valence-electron chi connectivity index (χ2n) is 7.18. The molecule has 116 valence electrons. The van der Waals surface area contributed by atoms with Crippen LogP contribution < -0.4 is 9.47 Å². The van der Waals surface area contributed by atoms with Gasteiger partial charge in [-0.3, -0.25) is 0 Å². The van der Waals surface area contributed by atoms with Crippen molar-refractivity contribution in [1.82, 2.24) is 0 Å². The minimum Gasteiger partial charge on any atom is -0.486 e. The zero-order valence-electron chi connectivity index (χ0n) is 13.1. The highest BCUT2D eigenvalue weighted by atomic mass is 16.6. The summed E-state index contributed by atoms with van der Waals surface area (Å²) in [5.74, 6) is 1.46. The van der Waals surface area contributed by atoms with Crippen molar-refractivity contribution in [3.63, 3.8) is 0 Å². The first-order valence-corrected chi connectivity index (χ1v) is 7.55. The average Bonchev–Trinajstić information content (AvgIpc) is 2.65. The Labute approximate surface area is 126 Å². The molecular weight excluding hydrogens is 268 g/mol. The maximum Gasteiger partial charge on any atom is 0.161 e. The van der Waals surface area contributed by atoms with Gasteiger partial charge in [0, 0.05) is 5.92 Å². The van der Waals surface area contributed by atoms with Crippen LogP contribution in [0.1, 0.15) is 34.1 Å². The van der Waals surface area contributed by atoms with E-state index in [1.54, 1.807) is 0 Å². The molecule has 1 saturated heterocycles. The quantitative estimate of drug-likeness (QED) is 0.910. The number of aliphatic hydroxyl groups excluding tert-OH is 1. The lowest BCUT2D eigenvalue weighted by Gasteiger charge is -2.36. The van der Waals surface area contributed by atoms with Crippen LogP contribution in [-0.2, 0) is 4.74 Å². The minimum absolute atomic E-state index is 0.0198. The van der Waals surface area contributed by atoms with Crippen molar-refractivity contribution in [2.45, 2.75) is 57.5 Å². The van der Waals surface area contributed by atoms with Crippen molar-refractivity contribution >= 4 is 0 Å². The number of rotatable bonds is 2. The Morgan fingerprint density at radius 3 is 2.43 bits per heavy atom. The van der Waals surface area contributed by atoms with Gasteiger partial charge in [0.1, 0.15) is 6.61 Å². The summed E-state index contributed by atoms with van der Waals surface area (Å²) in [6.07, 6.45) is -0.167. The predicted molar refractivity (Wildman–Crippen MR) is 79.7 cm³/mol. The third kappa shape index (κ3) is 2.74. The number of benzene rings is 1. The summed E-state index contributed by atoms with van der Waals surface area (Å²) < 4.78 is 17.7. The van der Waals surface area contributed by atoms with E-state index >= 15 is 0 Å². The van der Waals surface area contributed by atoms with Crippen LogP contribution in [0.4, 0.5) is 0 Å². The second-order valence-corrected chi connectivity index (χ2v) is 7.18. The Balaban J connectivity index is 1.76. The molecule has 2 aliphatic heterocycles. The molecule has 2 aliphatic rings. The van der Waals surface area contributed by atoms with Crippen LogP contribution >= 0.6 is 0 Å². The van der Waals surface area contributed by atoms with E-state index in [9.17, 15) is 5.11 Å². The summed E-state index contributed by atoms with van der Waals surface area (Å²) in [5.41, 5.74) is -0.591. The summed E-state index contributed by atoms with van der Waals surface area (Å²) in [6, 6.07) is 7.57. The number of hydrogen-bond donors (Lipinski definition) is 1. The van der Waals surface area contributed by atoms with Gasteiger partial charge in [-0.15, -0.1) is 0 Å². The SMILES string of the molecule is CC1(C)CC(C(O)C2COc3ccccc3O2)C(C)(C)O1. The van der Waals surface area contributed by atoms with E-state index in [1.165, 1.54) is 0 Å².